The van der Waals surface area contributed by atoms with Crippen LogP contribution < -0.4 is 0 Å². The number of nitrogens with zero attached hydrogens (tertiary/aromatic N) is 4. The molecule has 3 heterocycles. The van der Waals surface area contributed by atoms with Gasteiger partial charge in [0.25, 0.3) is 0 Å². The fourth-order valence-corrected chi connectivity index (χ4v) is 9.15. The van der Waals surface area contributed by atoms with Crippen LogP contribution in [0.2, 0.25) is 0 Å². The Labute approximate surface area is 359 Å². The standard InChI is InChI=1S/C58H38N4/c1-4-15-39(16-5-1)40-27-29-41(30-28-40)45-21-14-22-47(35-45)62-55-26-13-11-24-49(55)51-36-56-50(37-57(51)62)48-23-10-12-25-54(48)61(56)46-33-31-43(32-34-46)53-38-52(42-17-6-2-7-18-42)59-58(60-53)44-19-8-3-9-20-44/h1-38H. The third-order valence-corrected chi connectivity index (χ3v) is 12.1. The number of para-hydroxylation sites is 2. The van der Waals surface area contributed by atoms with Crippen molar-refractivity contribution in [1.29, 1.82) is 0 Å². The number of aromatic nitrogens is 4. The Morgan fingerprint density at radius 2 is 0.661 bits per heavy atom. The number of fused-ring (bicyclic) bond motifs is 6. The maximum Gasteiger partial charge on any atom is 0.160 e. The Bertz CT molecular complexity index is 3530. The molecule has 0 amide bonds. The minimum absolute atomic E-state index is 0.709. The molecule has 0 aliphatic carbocycles. The SMILES string of the molecule is c1ccc(-c2ccc(-c3cccc(-n4c5ccccc5c5cc6c(cc54)c4ccccc4n6-c4ccc(-c5cc(-c6ccccc6)nc(-c6ccccc6)n5)cc4)c3)cc2)cc1. The summed E-state index contributed by atoms with van der Waals surface area (Å²) in [6, 6.07) is 82.2. The largest absolute Gasteiger partial charge is 0.309 e. The van der Waals surface area contributed by atoms with Crippen LogP contribution in [0.1, 0.15) is 0 Å². The topological polar surface area (TPSA) is 35.6 Å². The molecule has 290 valence electrons. The van der Waals surface area contributed by atoms with Crippen LogP contribution in [0.5, 0.6) is 0 Å². The van der Waals surface area contributed by atoms with Gasteiger partial charge in [0.1, 0.15) is 0 Å². The minimum Gasteiger partial charge on any atom is -0.309 e. The third-order valence-electron chi connectivity index (χ3n) is 12.1. The van der Waals surface area contributed by atoms with Crippen molar-refractivity contribution < 1.29 is 0 Å². The van der Waals surface area contributed by atoms with E-state index in [0.717, 1.165) is 39.5 Å². The molecular weight excluding hydrogens is 753 g/mol. The molecule has 0 spiro atoms. The fourth-order valence-electron chi connectivity index (χ4n) is 9.15. The molecule has 0 unspecified atom stereocenters. The highest BCUT2D eigenvalue weighted by molar-refractivity contribution is 6.19. The van der Waals surface area contributed by atoms with Gasteiger partial charge in [0.05, 0.1) is 33.5 Å². The monoisotopic (exact) mass is 790 g/mol. The van der Waals surface area contributed by atoms with Gasteiger partial charge in [0, 0.05) is 49.6 Å². The summed E-state index contributed by atoms with van der Waals surface area (Å²) < 4.78 is 4.84. The summed E-state index contributed by atoms with van der Waals surface area (Å²) >= 11 is 0. The van der Waals surface area contributed by atoms with E-state index in [-0.39, 0.29) is 0 Å². The second kappa shape index (κ2) is 14.7. The zero-order chi connectivity index (χ0) is 41.0. The average molecular weight is 791 g/mol. The highest BCUT2D eigenvalue weighted by Gasteiger charge is 2.19. The predicted octanol–water partition coefficient (Wildman–Crippen LogP) is 15.0. The van der Waals surface area contributed by atoms with E-state index in [0.29, 0.717) is 5.82 Å². The minimum atomic E-state index is 0.709. The molecule has 0 N–H and O–H groups in total. The van der Waals surface area contributed by atoms with Gasteiger partial charge in [-0.1, -0.05) is 176 Å². The van der Waals surface area contributed by atoms with Crippen molar-refractivity contribution in [2.75, 3.05) is 0 Å². The lowest BCUT2D eigenvalue weighted by Gasteiger charge is -2.12. The fraction of sp³-hybridized carbons (Fsp3) is 0. The van der Waals surface area contributed by atoms with Gasteiger partial charge in [-0.3, -0.25) is 0 Å². The van der Waals surface area contributed by atoms with Crippen LogP contribution in [0, 0.1) is 0 Å². The van der Waals surface area contributed by atoms with Crippen molar-refractivity contribution >= 4 is 43.6 Å². The van der Waals surface area contributed by atoms with E-state index in [1.165, 1.54) is 65.9 Å². The molecule has 0 aliphatic heterocycles. The highest BCUT2D eigenvalue weighted by Crippen LogP contribution is 2.40. The summed E-state index contributed by atoms with van der Waals surface area (Å²) in [5.74, 6) is 0.709. The molecule has 0 atom stereocenters. The maximum atomic E-state index is 5.10. The number of hydrogen-bond donors (Lipinski definition) is 0. The van der Waals surface area contributed by atoms with Crippen LogP contribution in [-0.2, 0) is 0 Å². The maximum absolute atomic E-state index is 5.10. The third kappa shape index (κ3) is 6.08. The molecule has 0 fully saturated rings. The molecule has 0 saturated carbocycles. The first-order valence-electron chi connectivity index (χ1n) is 21.1. The lowest BCUT2D eigenvalue weighted by atomic mass is 10.00. The van der Waals surface area contributed by atoms with Gasteiger partial charge in [0.15, 0.2) is 5.82 Å². The summed E-state index contributed by atoms with van der Waals surface area (Å²) in [7, 11) is 0. The van der Waals surface area contributed by atoms with Gasteiger partial charge in [-0.05, 0) is 76.9 Å². The van der Waals surface area contributed by atoms with E-state index in [4.69, 9.17) is 9.97 Å². The first-order valence-corrected chi connectivity index (χ1v) is 21.1. The predicted molar refractivity (Wildman–Crippen MR) is 258 cm³/mol. The average Bonchev–Trinajstić information content (AvgIpc) is 3.86. The first-order chi connectivity index (χ1) is 30.7. The van der Waals surface area contributed by atoms with Crippen LogP contribution >= 0.6 is 0 Å². The summed E-state index contributed by atoms with van der Waals surface area (Å²) in [5.41, 5.74) is 16.6. The van der Waals surface area contributed by atoms with E-state index in [9.17, 15) is 0 Å². The van der Waals surface area contributed by atoms with Crippen molar-refractivity contribution in [3.63, 3.8) is 0 Å². The Morgan fingerprint density at radius 3 is 1.24 bits per heavy atom. The molecule has 0 radical (unpaired) electrons. The molecule has 9 aromatic carbocycles. The zero-order valence-corrected chi connectivity index (χ0v) is 33.7. The van der Waals surface area contributed by atoms with E-state index in [1.807, 2.05) is 24.3 Å². The van der Waals surface area contributed by atoms with Gasteiger partial charge in [-0.15, -0.1) is 0 Å². The van der Waals surface area contributed by atoms with Gasteiger partial charge in [0.2, 0.25) is 0 Å². The molecule has 0 aliphatic rings. The molecular formula is C58H38N4. The molecule has 12 aromatic rings. The molecule has 4 heteroatoms. The lowest BCUT2D eigenvalue weighted by molar-refractivity contribution is 1.17. The zero-order valence-electron chi connectivity index (χ0n) is 33.7. The normalized spacial score (nSPS) is 11.5. The van der Waals surface area contributed by atoms with Crippen LogP contribution in [0.15, 0.2) is 231 Å². The van der Waals surface area contributed by atoms with Crippen LogP contribution in [0.3, 0.4) is 0 Å². The molecule has 12 rings (SSSR count). The Morgan fingerprint density at radius 1 is 0.242 bits per heavy atom. The summed E-state index contributed by atoms with van der Waals surface area (Å²) in [4.78, 5) is 10.1. The molecule has 3 aromatic heterocycles. The van der Waals surface area contributed by atoms with E-state index >= 15 is 0 Å². The second-order valence-corrected chi connectivity index (χ2v) is 15.8. The van der Waals surface area contributed by atoms with Crippen molar-refractivity contribution in [3.05, 3.63) is 231 Å². The molecule has 62 heavy (non-hydrogen) atoms. The number of hydrogen-bond acceptors (Lipinski definition) is 2. The van der Waals surface area contributed by atoms with Crippen molar-refractivity contribution in [1.82, 2.24) is 19.1 Å². The molecule has 4 nitrogen and oxygen atoms in total. The lowest BCUT2D eigenvalue weighted by Crippen LogP contribution is -1.97. The van der Waals surface area contributed by atoms with E-state index in [1.54, 1.807) is 0 Å². The Balaban J connectivity index is 0.982. The molecule has 0 saturated heterocycles. The van der Waals surface area contributed by atoms with Gasteiger partial charge in [-0.25, -0.2) is 9.97 Å². The van der Waals surface area contributed by atoms with Crippen LogP contribution in [0.25, 0.3) is 111 Å². The Kier molecular flexibility index (Phi) is 8.46. The quantitative estimate of drug-likeness (QED) is 0.161. The van der Waals surface area contributed by atoms with Crippen molar-refractivity contribution in [3.8, 4) is 67.5 Å². The summed E-state index contributed by atoms with van der Waals surface area (Å²) in [5, 5.41) is 4.87. The van der Waals surface area contributed by atoms with Gasteiger partial charge in [-0.2, -0.15) is 0 Å². The smallest absolute Gasteiger partial charge is 0.160 e. The number of rotatable bonds is 7. The Hall–Kier alpha value is -8.34. The van der Waals surface area contributed by atoms with Crippen LogP contribution in [0.4, 0.5) is 0 Å². The number of benzene rings is 9. The van der Waals surface area contributed by atoms with E-state index in [2.05, 4.69) is 215 Å². The molecule has 0 bridgehead atoms. The van der Waals surface area contributed by atoms with Gasteiger partial charge >= 0.3 is 0 Å². The summed E-state index contributed by atoms with van der Waals surface area (Å²) in [6.45, 7) is 0. The van der Waals surface area contributed by atoms with Crippen LogP contribution in [-0.4, -0.2) is 19.1 Å². The van der Waals surface area contributed by atoms with E-state index < -0.39 is 0 Å². The first kappa shape index (κ1) is 35.6. The van der Waals surface area contributed by atoms with Crippen molar-refractivity contribution in [2.45, 2.75) is 0 Å². The van der Waals surface area contributed by atoms with Gasteiger partial charge < -0.3 is 9.13 Å². The van der Waals surface area contributed by atoms with Crippen molar-refractivity contribution in [2.24, 2.45) is 0 Å². The highest BCUT2D eigenvalue weighted by atomic mass is 15.0. The summed E-state index contributed by atoms with van der Waals surface area (Å²) in [6.07, 6.45) is 0. The second-order valence-electron chi connectivity index (χ2n) is 15.8.